The molecular weight excluding hydrogens is 254 g/mol. The lowest BCUT2D eigenvalue weighted by Gasteiger charge is -2.34. The smallest absolute Gasteiger partial charge is 0.0819 e. The Morgan fingerprint density at radius 2 is 1.95 bits per heavy atom. The Hall–Kier alpha value is -0.510. The molecule has 0 bridgehead atoms. The molecule has 1 aliphatic rings. The van der Waals surface area contributed by atoms with Gasteiger partial charge in [-0.2, -0.15) is 11.8 Å². The summed E-state index contributed by atoms with van der Waals surface area (Å²) < 4.78 is 0. The fourth-order valence-electron chi connectivity index (χ4n) is 2.75. The minimum atomic E-state index is -0.284. The molecule has 1 unspecified atom stereocenters. The number of rotatable bonds is 6. The lowest BCUT2D eigenvalue weighted by molar-refractivity contribution is 0.0607. The van der Waals surface area contributed by atoms with Crippen LogP contribution in [0.4, 0.5) is 0 Å². The molecule has 1 saturated heterocycles. The molecule has 1 fully saturated rings. The van der Waals surface area contributed by atoms with Gasteiger partial charge in [-0.05, 0) is 43.2 Å². The van der Waals surface area contributed by atoms with E-state index in [4.69, 9.17) is 0 Å². The Morgan fingerprint density at radius 3 is 2.58 bits per heavy atom. The van der Waals surface area contributed by atoms with Crippen molar-refractivity contribution >= 4 is 11.8 Å². The molecule has 2 nitrogen and oxygen atoms in total. The Morgan fingerprint density at radius 1 is 1.26 bits per heavy atom. The number of likely N-dealkylation sites (tertiary alicyclic amines) is 1. The van der Waals surface area contributed by atoms with E-state index >= 15 is 0 Å². The quantitative estimate of drug-likeness (QED) is 0.809. The molecule has 0 aliphatic carbocycles. The fourth-order valence-corrected chi connectivity index (χ4v) is 3.43. The van der Waals surface area contributed by atoms with E-state index < -0.39 is 0 Å². The molecule has 0 spiro atoms. The molecule has 106 valence electrons. The minimum Gasteiger partial charge on any atom is -0.388 e. The zero-order chi connectivity index (χ0) is 13.5. The molecule has 0 amide bonds. The molecule has 0 saturated carbocycles. The van der Waals surface area contributed by atoms with Gasteiger partial charge in [0.2, 0.25) is 0 Å². The van der Waals surface area contributed by atoms with Crippen LogP contribution in [0.1, 0.15) is 31.4 Å². The van der Waals surface area contributed by atoms with Crippen molar-refractivity contribution in [2.75, 3.05) is 31.1 Å². The van der Waals surface area contributed by atoms with Crippen LogP contribution in [-0.4, -0.2) is 41.1 Å². The Labute approximate surface area is 121 Å². The maximum absolute atomic E-state index is 10.4. The van der Waals surface area contributed by atoms with Gasteiger partial charge in [0.15, 0.2) is 0 Å². The Balaban J connectivity index is 1.77. The van der Waals surface area contributed by atoms with Gasteiger partial charge >= 0.3 is 0 Å². The Kier molecular flexibility index (Phi) is 6.21. The lowest BCUT2D eigenvalue weighted by atomic mass is 9.87. The summed E-state index contributed by atoms with van der Waals surface area (Å²) in [5, 5.41) is 10.4. The number of hydrogen-bond acceptors (Lipinski definition) is 3. The highest BCUT2D eigenvalue weighted by atomic mass is 32.2. The molecule has 2 rings (SSSR count). The van der Waals surface area contributed by atoms with Crippen LogP contribution < -0.4 is 0 Å². The van der Waals surface area contributed by atoms with Crippen molar-refractivity contribution in [1.82, 2.24) is 4.90 Å². The van der Waals surface area contributed by atoms with Gasteiger partial charge in [0.25, 0.3) is 0 Å². The molecule has 1 aromatic rings. The van der Waals surface area contributed by atoms with Crippen molar-refractivity contribution in [1.29, 1.82) is 0 Å². The fraction of sp³-hybridized carbons (Fsp3) is 0.625. The number of aliphatic hydroxyl groups excluding tert-OH is 1. The first-order chi connectivity index (χ1) is 9.31. The van der Waals surface area contributed by atoms with Crippen LogP contribution in [0.2, 0.25) is 0 Å². The van der Waals surface area contributed by atoms with E-state index in [9.17, 15) is 5.11 Å². The first-order valence-electron chi connectivity index (χ1n) is 7.34. The highest BCUT2D eigenvalue weighted by molar-refractivity contribution is 7.99. The average Bonchev–Trinajstić information content (AvgIpc) is 2.48. The van der Waals surface area contributed by atoms with Gasteiger partial charge < -0.3 is 10.0 Å². The molecule has 1 aromatic carbocycles. The van der Waals surface area contributed by atoms with Crippen LogP contribution in [0.5, 0.6) is 0 Å². The van der Waals surface area contributed by atoms with Gasteiger partial charge in [-0.3, -0.25) is 0 Å². The highest BCUT2D eigenvalue weighted by Gasteiger charge is 2.25. The van der Waals surface area contributed by atoms with Crippen LogP contribution in [0.25, 0.3) is 0 Å². The number of nitrogens with zero attached hydrogens (tertiary/aromatic N) is 1. The minimum absolute atomic E-state index is 0.284. The maximum atomic E-state index is 10.4. The van der Waals surface area contributed by atoms with Crippen molar-refractivity contribution in [3.05, 3.63) is 35.9 Å². The molecule has 1 N–H and O–H groups in total. The Bertz CT molecular complexity index is 349. The molecule has 19 heavy (non-hydrogen) atoms. The van der Waals surface area contributed by atoms with Gasteiger partial charge in [-0.1, -0.05) is 37.3 Å². The van der Waals surface area contributed by atoms with Gasteiger partial charge in [0, 0.05) is 12.3 Å². The number of aliphatic hydroxyl groups is 1. The molecule has 0 radical (unpaired) electrons. The number of hydrogen-bond donors (Lipinski definition) is 1. The normalized spacial score (nSPS) is 19.5. The number of benzene rings is 1. The maximum Gasteiger partial charge on any atom is 0.0819 e. The number of piperidine rings is 1. The highest BCUT2D eigenvalue weighted by Crippen LogP contribution is 2.30. The van der Waals surface area contributed by atoms with E-state index in [1.807, 2.05) is 42.1 Å². The second-order valence-corrected chi connectivity index (χ2v) is 6.63. The molecule has 1 atom stereocenters. The summed E-state index contributed by atoms with van der Waals surface area (Å²) in [6.45, 7) is 5.69. The van der Waals surface area contributed by atoms with Crippen molar-refractivity contribution in [3.63, 3.8) is 0 Å². The second-order valence-electron chi connectivity index (χ2n) is 5.23. The summed E-state index contributed by atoms with van der Waals surface area (Å²) in [4.78, 5) is 2.54. The third-order valence-corrected chi connectivity index (χ3v) is 4.86. The van der Waals surface area contributed by atoms with Crippen molar-refractivity contribution < 1.29 is 5.11 Å². The number of thioether (sulfide) groups is 1. The molecule has 0 aromatic heterocycles. The van der Waals surface area contributed by atoms with Crippen molar-refractivity contribution in [2.24, 2.45) is 5.92 Å². The van der Waals surface area contributed by atoms with E-state index in [2.05, 4.69) is 11.8 Å². The topological polar surface area (TPSA) is 23.5 Å². The first-order valence-corrected chi connectivity index (χ1v) is 8.50. The SMILES string of the molecule is CCSCCN1CCC(C(O)c2ccccc2)CC1. The van der Waals surface area contributed by atoms with Crippen LogP contribution in [0, 0.1) is 5.92 Å². The zero-order valence-corrected chi connectivity index (χ0v) is 12.6. The first kappa shape index (κ1) is 14.9. The summed E-state index contributed by atoms with van der Waals surface area (Å²) in [6, 6.07) is 10.1. The molecule has 1 aliphatic heterocycles. The van der Waals surface area contributed by atoms with Crippen molar-refractivity contribution in [3.8, 4) is 0 Å². The van der Waals surface area contributed by atoms with Crippen LogP contribution in [0.3, 0.4) is 0 Å². The predicted octanol–water partition coefficient (Wildman–Crippen LogP) is 3.19. The van der Waals surface area contributed by atoms with Crippen molar-refractivity contribution in [2.45, 2.75) is 25.9 Å². The van der Waals surface area contributed by atoms with E-state index in [0.29, 0.717) is 5.92 Å². The van der Waals surface area contributed by atoms with E-state index in [1.54, 1.807) is 0 Å². The zero-order valence-electron chi connectivity index (χ0n) is 11.8. The monoisotopic (exact) mass is 279 g/mol. The average molecular weight is 279 g/mol. The lowest BCUT2D eigenvalue weighted by Crippen LogP contribution is -2.37. The summed E-state index contributed by atoms with van der Waals surface area (Å²) in [5.74, 6) is 2.88. The third kappa shape index (κ3) is 4.51. The second kappa shape index (κ2) is 7.93. The van der Waals surface area contributed by atoms with Gasteiger partial charge in [0.1, 0.15) is 0 Å². The molecule has 1 heterocycles. The molecular formula is C16H25NOS. The van der Waals surface area contributed by atoms with Gasteiger partial charge in [0.05, 0.1) is 6.10 Å². The molecule has 3 heteroatoms. The van der Waals surface area contributed by atoms with E-state index in [-0.39, 0.29) is 6.10 Å². The van der Waals surface area contributed by atoms with Gasteiger partial charge in [-0.25, -0.2) is 0 Å². The summed E-state index contributed by atoms with van der Waals surface area (Å²) >= 11 is 2.01. The van der Waals surface area contributed by atoms with E-state index in [0.717, 1.165) is 31.5 Å². The van der Waals surface area contributed by atoms with Crippen LogP contribution >= 0.6 is 11.8 Å². The summed E-state index contributed by atoms with van der Waals surface area (Å²) in [6.07, 6.45) is 1.95. The standard InChI is InChI=1S/C16H25NOS/c1-2-19-13-12-17-10-8-15(9-11-17)16(18)14-6-4-3-5-7-14/h3-7,15-16,18H,2,8-13H2,1H3. The van der Waals surface area contributed by atoms with Crippen LogP contribution in [-0.2, 0) is 0 Å². The summed E-state index contributed by atoms with van der Waals surface area (Å²) in [5.41, 5.74) is 1.07. The largest absolute Gasteiger partial charge is 0.388 e. The summed E-state index contributed by atoms with van der Waals surface area (Å²) in [7, 11) is 0. The van der Waals surface area contributed by atoms with Gasteiger partial charge in [-0.15, -0.1) is 0 Å². The predicted molar refractivity (Wildman–Crippen MR) is 83.6 cm³/mol. The third-order valence-electron chi connectivity index (χ3n) is 3.98. The van der Waals surface area contributed by atoms with E-state index in [1.165, 1.54) is 18.1 Å². The van der Waals surface area contributed by atoms with Crippen LogP contribution in [0.15, 0.2) is 30.3 Å².